The maximum absolute atomic E-state index is 13.1. The van der Waals surface area contributed by atoms with Gasteiger partial charge in [0.15, 0.2) is 0 Å². The summed E-state index contributed by atoms with van der Waals surface area (Å²) in [6.45, 7) is 6.78. The molecule has 0 radical (unpaired) electrons. The Kier molecular flexibility index (Phi) is 4.08. The molecule has 22 heavy (non-hydrogen) atoms. The van der Waals surface area contributed by atoms with Gasteiger partial charge in [0, 0.05) is 30.9 Å². The van der Waals surface area contributed by atoms with E-state index in [1.807, 2.05) is 32.5 Å². The van der Waals surface area contributed by atoms with E-state index in [1.165, 1.54) is 5.56 Å². The van der Waals surface area contributed by atoms with Gasteiger partial charge in [-0.15, -0.1) is 0 Å². The van der Waals surface area contributed by atoms with Crippen molar-refractivity contribution in [3.05, 3.63) is 39.3 Å². The van der Waals surface area contributed by atoms with Crippen molar-refractivity contribution in [1.82, 2.24) is 14.7 Å². The highest BCUT2D eigenvalue weighted by molar-refractivity contribution is 7.07. The van der Waals surface area contributed by atoms with Crippen LogP contribution in [-0.2, 0) is 18.4 Å². The summed E-state index contributed by atoms with van der Waals surface area (Å²) in [6, 6.07) is 2.53. The maximum atomic E-state index is 13.1. The fourth-order valence-corrected chi connectivity index (χ4v) is 3.80. The minimum absolute atomic E-state index is 0.132. The quantitative estimate of drug-likeness (QED) is 0.848. The molecule has 0 bridgehead atoms. The van der Waals surface area contributed by atoms with Crippen molar-refractivity contribution in [2.45, 2.75) is 52.1 Å². The van der Waals surface area contributed by atoms with Crippen molar-refractivity contribution in [3.8, 4) is 0 Å². The molecule has 1 aliphatic rings. The lowest BCUT2D eigenvalue weighted by Gasteiger charge is -2.26. The van der Waals surface area contributed by atoms with Crippen LogP contribution in [0.1, 0.15) is 48.2 Å². The SMILES string of the molecule is Cc1nn(C)c(C)c1[C@H](C)C(=O)N(Cc1ccsc1)C1CC1. The van der Waals surface area contributed by atoms with Crippen molar-refractivity contribution in [2.75, 3.05) is 0 Å². The van der Waals surface area contributed by atoms with E-state index in [0.717, 1.165) is 36.3 Å². The van der Waals surface area contributed by atoms with Crippen LogP contribution >= 0.6 is 11.3 Å². The second-order valence-corrected chi connectivity index (χ2v) is 7.04. The van der Waals surface area contributed by atoms with Gasteiger partial charge < -0.3 is 4.90 Å². The van der Waals surface area contributed by atoms with Crippen LogP contribution in [0.5, 0.6) is 0 Å². The molecule has 118 valence electrons. The van der Waals surface area contributed by atoms with Crippen molar-refractivity contribution in [1.29, 1.82) is 0 Å². The van der Waals surface area contributed by atoms with Crippen molar-refractivity contribution in [2.24, 2.45) is 7.05 Å². The minimum atomic E-state index is -0.132. The Morgan fingerprint density at radius 1 is 1.50 bits per heavy atom. The van der Waals surface area contributed by atoms with Crippen LogP contribution in [0.2, 0.25) is 0 Å². The first-order valence-electron chi connectivity index (χ1n) is 7.80. The largest absolute Gasteiger partial charge is 0.335 e. The summed E-state index contributed by atoms with van der Waals surface area (Å²) in [6.07, 6.45) is 2.27. The van der Waals surface area contributed by atoms with Crippen molar-refractivity contribution in [3.63, 3.8) is 0 Å². The Bertz CT molecular complexity index is 670. The zero-order valence-corrected chi connectivity index (χ0v) is 14.5. The van der Waals surface area contributed by atoms with E-state index in [-0.39, 0.29) is 11.8 Å². The van der Waals surface area contributed by atoms with Crippen LogP contribution in [0.4, 0.5) is 0 Å². The molecule has 0 aromatic carbocycles. The molecule has 4 nitrogen and oxygen atoms in total. The number of rotatable bonds is 5. The standard InChI is InChI=1S/C17H23N3OS/c1-11(16-12(2)18-19(4)13(16)3)17(21)20(15-5-6-15)9-14-7-8-22-10-14/h7-8,10-11,15H,5-6,9H2,1-4H3/t11-/m0/s1. The molecule has 1 amide bonds. The number of hydrogen-bond acceptors (Lipinski definition) is 3. The van der Waals surface area contributed by atoms with E-state index in [4.69, 9.17) is 0 Å². The normalized spacial score (nSPS) is 15.8. The lowest BCUT2D eigenvalue weighted by Crippen LogP contribution is -2.35. The molecule has 3 rings (SSSR count). The van der Waals surface area contributed by atoms with Gasteiger partial charge in [0.2, 0.25) is 5.91 Å². The maximum Gasteiger partial charge on any atom is 0.230 e. The van der Waals surface area contributed by atoms with Gasteiger partial charge in [-0.05, 0) is 56.0 Å². The van der Waals surface area contributed by atoms with Crippen LogP contribution in [0.15, 0.2) is 16.8 Å². The molecule has 1 saturated carbocycles. The van der Waals surface area contributed by atoms with Gasteiger partial charge >= 0.3 is 0 Å². The smallest absolute Gasteiger partial charge is 0.230 e. The molecule has 1 atom stereocenters. The average molecular weight is 317 g/mol. The fraction of sp³-hybridized carbons (Fsp3) is 0.529. The van der Waals surface area contributed by atoms with Gasteiger partial charge in [0.25, 0.3) is 0 Å². The van der Waals surface area contributed by atoms with Gasteiger partial charge in [-0.25, -0.2) is 0 Å². The van der Waals surface area contributed by atoms with Gasteiger partial charge in [0.1, 0.15) is 0 Å². The molecule has 2 aromatic rings. The minimum Gasteiger partial charge on any atom is -0.335 e. The number of aromatic nitrogens is 2. The number of carbonyl (C=O) groups excluding carboxylic acids is 1. The summed E-state index contributed by atoms with van der Waals surface area (Å²) in [4.78, 5) is 15.1. The summed E-state index contributed by atoms with van der Waals surface area (Å²) in [5.74, 6) is 0.0980. The Labute approximate surface area is 135 Å². The molecule has 0 saturated heterocycles. The fourth-order valence-electron chi connectivity index (χ4n) is 3.14. The third-order valence-corrected chi connectivity index (χ3v) is 5.30. The number of aryl methyl sites for hydroxylation is 2. The average Bonchev–Trinajstić information content (AvgIpc) is 3.13. The molecule has 0 unspecified atom stereocenters. The van der Waals surface area contributed by atoms with E-state index in [9.17, 15) is 4.79 Å². The number of carbonyl (C=O) groups is 1. The lowest BCUT2D eigenvalue weighted by molar-refractivity contribution is -0.133. The Hall–Kier alpha value is -1.62. The summed E-state index contributed by atoms with van der Waals surface area (Å²) in [7, 11) is 1.94. The zero-order chi connectivity index (χ0) is 15.9. The highest BCUT2D eigenvalue weighted by Gasteiger charge is 2.36. The second kappa shape index (κ2) is 5.88. The Morgan fingerprint density at radius 2 is 2.23 bits per heavy atom. The molecule has 0 aliphatic heterocycles. The first-order valence-corrected chi connectivity index (χ1v) is 8.75. The van der Waals surface area contributed by atoms with E-state index in [1.54, 1.807) is 11.3 Å². The molecule has 1 aliphatic carbocycles. The van der Waals surface area contributed by atoms with E-state index < -0.39 is 0 Å². The number of hydrogen-bond donors (Lipinski definition) is 0. The summed E-state index contributed by atoms with van der Waals surface area (Å²) < 4.78 is 1.87. The molecule has 5 heteroatoms. The highest BCUT2D eigenvalue weighted by atomic mass is 32.1. The van der Waals surface area contributed by atoms with E-state index in [0.29, 0.717) is 6.04 Å². The number of nitrogens with zero attached hydrogens (tertiary/aromatic N) is 3. The van der Waals surface area contributed by atoms with E-state index in [2.05, 4.69) is 26.8 Å². The Morgan fingerprint density at radius 3 is 2.73 bits per heavy atom. The zero-order valence-electron chi connectivity index (χ0n) is 13.7. The second-order valence-electron chi connectivity index (χ2n) is 6.26. The Balaban J connectivity index is 1.83. The first-order chi connectivity index (χ1) is 10.5. The van der Waals surface area contributed by atoms with Gasteiger partial charge in [0.05, 0.1) is 11.6 Å². The summed E-state index contributed by atoms with van der Waals surface area (Å²) in [5, 5.41) is 8.66. The molecule has 2 heterocycles. The van der Waals surface area contributed by atoms with Crippen molar-refractivity contribution < 1.29 is 4.79 Å². The third-order valence-electron chi connectivity index (χ3n) is 4.57. The molecule has 2 aromatic heterocycles. The number of amides is 1. The monoisotopic (exact) mass is 317 g/mol. The van der Waals surface area contributed by atoms with E-state index >= 15 is 0 Å². The van der Waals surface area contributed by atoms with Crippen LogP contribution in [0.25, 0.3) is 0 Å². The van der Waals surface area contributed by atoms with Crippen LogP contribution in [0.3, 0.4) is 0 Å². The molecule has 0 spiro atoms. The third kappa shape index (κ3) is 2.82. The summed E-state index contributed by atoms with van der Waals surface area (Å²) >= 11 is 1.69. The lowest BCUT2D eigenvalue weighted by atomic mass is 9.97. The topological polar surface area (TPSA) is 38.1 Å². The van der Waals surface area contributed by atoms with Crippen LogP contribution in [-0.4, -0.2) is 26.6 Å². The van der Waals surface area contributed by atoms with Crippen LogP contribution < -0.4 is 0 Å². The van der Waals surface area contributed by atoms with Crippen molar-refractivity contribution >= 4 is 17.2 Å². The number of thiophene rings is 1. The highest BCUT2D eigenvalue weighted by Crippen LogP contribution is 2.33. The predicted octanol–water partition coefficient (Wildman–Crippen LogP) is 3.39. The molecule has 1 fully saturated rings. The molecular weight excluding hydrogens is 294 g/mol. The summed E-state index contributed by atoms with van der Waals surface area (Å²) in [5.41, 5.74) is 4.37. The van der Waals surface area contributed by atoms with Crippen LogP contribution in [0, 0.1) is 13.8 Å². The first kappa shape index (κ1) is 15.3. The molecular formula is C17H23N3OS. The predicted molar refractivity (Wildman–Crippen MR) is 89.0 cm³/mol. The van der Waals surface area contributed by atoms with Gasteiger partial charge in [-0.1, -0.05) is 0 Å². The van der Waals surface area contributed by atoms with Gasteiger partial charge in [-0.2, -0.15) is 16.4 Å². The molecule has 0 N–H and O–H groups in total. The van der Waals surface area contributed by atoms with Gasteiger partial charge in [-0.3, -0.25) is 9.48 Å².